The lowest BCUT2D eigenvalue weighted by Gasteiger charge is -2.01. The van der Waals surface area contributed by atoms with Gasteiger partial charge in [0.25, 0.3) is 0 Å². The molecule has 72 valence electrons. The van der Waals surface area contributed by atoms with Gasteiger partial charge in [-0.1, -0.05) is 0 Å². The minimum atomic E-state index is -0.249. The van der Waals surface area contributed by atoms with Crippen molar-refractivity contribution < 1.29 is 9.53 Å². The van der Waals surface area contributed by atoms with Gasteiger partial charge in [-0.05, 0) is 19.4 Å². The monoisotopic (exact) mass is 182 g/mol. The fraction of sp³-hybridized carbons (Fsp3) is 0.556. The molecule has 0 saturated carbocycles. The summed E-state index contributed by atoms with van der Waals surface area (Å²) in [5.74, 6) is -0.249. The highest BCUT2D eigenvalue weighted by Crippen LogP contribution is 2.02. The van der Waals surface area contributed by atoms with Crippen molar-refractivity contribution >= 4 is 5.97 Å². The Kier molecular flexibility index (Phi) is 3.06. The van der Waals surface area contributed by atoms with E-state index in [1.54, 1.807) is 4.68 Å². The van der Waals surface area contributed by atoms with E-state index in [0.29, 0.717) is 13.2 Å². The molecule has 1 rings (SSSR count). The predicted octanol–water partition coefficient (Wildman–Crippen LogP) is 1.06. The van der Waals surface area contributed by atoms with Crippen LogP contribution in [0, 0.1) is 13.8 Å². The van der Waals surface area contributed by atoms with E-state index in [2.05, 4.69) is 5.10 Å². The molecule has 0 aliphatic carbocycles. The maximum absolute atomic E-state index is 10.5. The minimum Gasteiger partial charge on any atom is -0.464 e. The molecular weight excluding hydrogens is 168 g/mol. The standard InChI is InChI=1S/C9H14N2O2/c1-7-6-11(10-8(7)2)4-5-13-9(3)12/h6H,4-5H2,1-3H3. The van der Waals surface area contributed by atoms with E-state index in [1.165, 1.54) is 6.92 Å². The number of carbonyl (C=O) groups is 1. The topological polar surface area (TPSA) is 44.1 Å². The molecule has 1 aromatic heterocycles. The maximum atomic E-state index is 10.5. The zero-order valence-corrected chi connectivity index (χ0v) is 8.20. The molecule has 0 spiro atoms. The highest BCUT2D eigenvalue weighted by atomic mass is 16.5. The highest BCUT2D eigenvalue weighted by Gasteiger charge is 1.99. The van der Waals surface area contributed by atoms with Crippen molar-refractivity contribution in [1.29, 1.82) is 0 Å². The third kappa shape index (κ3) is 2.89. The van der Waals surface area contributed by atoms with Crippen LogP contribution >= 0.6 is 0 Å². The summed E-state index contributed by atoms with van der Waals surface area (Å²) >= 11 is 0. The van der Waals surface area contributed by atoms with Crippen LogP contribution in [0.15, 0.2) is 6.20 Å². The Balaban J connectivity index is 2.41. The van der Waals surface area contributed by atoms with Crippen molar-refractivity contribution in [2.24, 2.45) is 0 Å². The number of nitrogens with zero attached hydrogens (tertiary/aromatic N) is 2. The first-order valence-electron chi connectivity index (χ1n) is 4.23. The van der Waals surface area contributed by atoms with E-state index in [4.69, 9.17) is 4.74 Å². The molecule has 0 fully saturated rings. The average molecular weight is 182 g/mol. The summed E-state index contributed by atoms with van der Waals surface area (Å²) in [5, 5.41) is 4.23. The van der Waals surface area contributed by atoms with Crippen molar-refractivity contribution in [3.8, 4) is 0 Å². The molecule has 0 bridgehead atoms. The van der Waals surface area contributed by atoms with Crippen LogP contribution in [0.4, 0.5) is 0 Å². The van der Waals surface area contributed by atoms with Crippen LogP contribution in [-0.2, 0) is 16.1 Å². The first kappa shape index (κ1) is 9.77. The Hall–Kier alpha value is -1.32. The summed E-state index contributed by atoms with van der Waals surface area (Å²) in [7, 11) is 0. The van der Waals surface area contributed by atoms with Gasteiger partial charge in [-0.25, -0.2) is 0 Å². The smallest absolute Gasteiger partial charge is 0.302 e. The fourth-order valence-corrected chi connectivity index (χ4v) is 1.01. The molecule has 1 heterocycles. The van der Waals surface area contributed by atoms with Gasteiger partial charge in [0.1, 0.15) is 6.61 Å². The van der Waals surface area contributed by atoms with Gasteiger partial charge in [0.15, 0.2) is 0 Å². The molecule has 4 heteroatoms. The number of carbonyl (C=O) groups excluding carboxylic acids is 1. The summed E-state index contributed by atoms with van der Waals surface area (Å²) in [6.07, 6.45) is 1.94. The SMILES string of the molecule is CC(=O)OCCn1cc(C)c(C)n1. The zero-order valence-electron chi connectivity index (χ0n) is 8.20. The van der Waals surface area contributed by atoms with Crippen LogP contribution < -0.4 is 0 Å². The number of ether oxygens (including phenoxy) is 1. The second kappa shape index (κ2) is 4.07. The molecule has 4 nitrogen and oxygen atoms in total. The van der Waals surface area contributed by atoms with Crippen LogP contribution in [0.2, 0.25) is 0 Å². The van der Waals surface area contributed by atoms with Gasteiger partial charge in [0.2, 0.25) is 0 Å². The summed E-state index contributed by atoms with van der Waals surface area (Å²) < 4.78 is 6.58. The quantitative estimate of drug-likeness (QED) is 0.656. The van der Waals surface area contributed by atoms with Gasteiger partial charge in [0, 0.05) is 13.1 Å². The normalized spacial score (nSPS) is 10.1. The van der Waals surface area contributed by atoms with Crippen LogP contribution in [0.3, 0.4) is 0 Å². The molecule has 1 aromatic rings. The Bertz CT molecular complexity index is 285. The number of esters is 1. The number of aryl methyl sites for hydroxylation is 2. The van der Waals surface area contributed by atoms with Gasteiger partial charge in [-0.3, -0.25) is 9.48 Å². The minimum absolute atomic E-state index is 0.249. The van der Waals surface area contributed by atoms with E-state index in [1.807, 2.05) is 20.0 Å². The van der Waals surface area contributed by atoms with Crippen molar-refractivity contribution in [2.75, 3.05) is 6.61 Å². The Morgan fingerprint density at radius 3 is 2.77 bits per heavy atom. The second-order valence-electron chi connectivity index (χ2n) is 3.00. The Morgan fingerprint density at radius 1 is 1.62 bits per heavy atom. The summed E-state index contributed by atoms with van der Waals surface area (Å²) in [6, 6.07) is 0. The van der Waals surface area contributed by atoms with Crippen molar-refractivity contribution in [1.82, 2.24) is 9.78 Å². The largest absolute Gasteiger partial charge is 0.464 e. The fourth-order valence-electron chi connectivity index (χ4n) is 1.01. The molecule has 0 aromatic carbocycles. The molecule has 0 amide bonds. The second-order valence-corrected chi connectivity index (χ2v) is 3.00. The lowest BCUT2D eigenvalue weighted by atomic mass is 10.3. The van der Waals surface area contributed by atoms with Crippen molar-refractivity contribution in [3.63, 3.8) is 0 Å². The highest BCUT2D eigenvalue weighted by molar-refractivity contribution is 5.65. The number of hydrogen-bond acceptors (Lipinski definition) is 3. The van der Waals surface area contributed by atoms with Gasteiger partial charge < -0.3 is 4.74 Å². The van der Waals surface area contributed by atoms with Gasteiger partial charge in [-0.2, -0.15) is 5.10 Å². The molecule has 0 atom stereocenters. The van der Waals surface area contributed by atoms with Gasteiger partial charge >= 0.3 is 5.97 Å². The third-order valence-electron chi connectivity index (χ3n) is 1.82. The van der Waals surface area contributed by atoms with Crippen LogP contribution in [0.25, 0.3) is 0 Å². The van der Waals surface area contributed by atoms with Gasteiger partial charge in [0.05, 0.1) is 12.2 Å². The number of aromatic nitrogens is 2. The molecular formula is C9H14N2O2. The van der Waals surface area contributed by atoms with Crippen LogP contribution in [0.1, 0.15) is 18.2 Å². The molecule has 0 unspecified atom stereocenters. The van der Waals surface area contributed by atoms with E-state index >= 15 is 0 Å². The van der Waals surface area contributed by atoms with Crippen LogP contribution in [0.5, 0.6) is 0 Å². The van der Waals surface area contributed by atoms with E-state index in [-0.39, 0.29) is 5.97 Å². The van der Waals surface area contributed by atoms with E-state index in [9.17, 15) is 4.79 Å². The third-order valence-corrected chi connectivity index (χ3v) is 1.82. The van der Waals surface area contributed by atoms with Crippen LogP contribution in [-0.4, -0.2) is 22.4 Å². The summed E-state index contributed by atoms with van der Waals surface area (Å²) in [5.41, 5.74) is 2.17. The lowest BCUT2D eigenvalue weighted by molar-refractivity contribution is -0.141. The van der Waals surface area contributed by atoms with E-state index < -0.39 is 0 Å². The first-order chi connectivity index (χ1) is 6.09. The molecule has 0 radical (unpaired) electrons. The summed E-state index contributed by atoms with van der Waals surface area (Å²) in [6.45, 7) is 6.37. The molecule has 0 aliphatic rings. The van der Waals surface area contributed by atoms with Crippen molar-refractivity contribution in [3.05, 3.63) is 17.5 Å². The van der Waals surface area contributed by atoms with Crippen molar-refractivity contribution in [2.45, 2.75) is 27.3 Å². The molecule has 13 heavy (non-hydrogen) atoms. The number of rotatable bonds is 3. The lowest BCUT2D eigenvalue weighted by Crippen LogP contribution is -2.09. The van der Waals surface area contributed by atoms with Gasteiger partial charge in [-0.15, -0.1) is 0 Å². The Labute approximate surface area is 77.5 Å². The molecule has 0 saturated heterocycles. The van der Waals surface area contributed by atoms with E-state index in [0.717, 1.165) is 11.3 Å². The average Bonchev–Trinajstić information content (AvgIpc) is 2.30. The summed E-state index contributed by atoms with van der Waals surface area (Å²) in [4.78, 5) is 10.5. The molecule has 0 N–H and O–H groups in total. The first-order valence-corrected chi connectivity index (χ1v) is 4.23. The zero-order chi connectivity index (χ0) is 9.84. The maximum Gasteiger partial charge on any atom is 0.302 e. The molecule has 0 aliphatic heterocycles. The Morgan fingerprint density at radius 2 is 2.31 bits per heavy atom. The number of hydrogen-bond donors (Lipinski definition) is 0. The predicted molar refractivity (Wildman–Crippen MR) is 48.3 cm³/mol.